The molecular formula is C22H42O3Si. The van der Waals surface area contributed by atoms with Gasteiger partial charge in [-0.3, -0.25) is 0 Å². The molecule has 0 aromatic carbocycles. The Bertz CT molecular complexity index is 382. The van der Waals surface area contributed by atoms with Gasteiger partial charge >= 0.3 is 8.80 Å². The van der Waals surface area contributed by atoms with Crippen LogP contribution in [0.4, 0.5) is 0 Å². The molecule has 0 unspecified atom stereocenters. The van der Waals surface area contributed by atoms with E-state index < -0.39 is 8.80 Å². The minimum absolute atomic E-state index is 0.0602. The fourth-order valence-electron chi connectivity index (χ4n) is 5.61. The van der Waals surface area contributed by atoms with E-state index in [0.29, 0.717) is 0 Å². The average Bonchev–Trinajstić information content (AvgIpc) is 2.54. The molecule has 3 fully saturated rings. The average molecular weight is 383 g/mol. The van der Waals surface area contributed by atoms with E-state index in [0.717, 1.165) is 38.5 Å². The summed E-state index contributed by atoms with van der Waals surface area (Å²) in [6.45, 7) is 9.11. The van der Waals surface area contributed by atoms with E-state index in [1.54, 1.807) is 0 Å². The fourth-order valence-corrected chi connectivity index (χ4v) is 9.03. The van der Waals surface area contributed by atoms with E-state index in [2.05, 4.69) is 27.3 Å². The van der Waals surface area contributed by atoms with Crippen LogP contribution in [0, 0.1) is 0 Å². The molecule has 4 heteroatoms. The van der Waals surface area contributed by atoms with Crippen molar-refractivity contribution >= 4 is 8.80 Å². The molecule has 0 aromatic heterocycles. The fraction of sp³-hybridized carbons (Fsp3) is 1.00. The Hall–Kier alpha value is 0.0969. The van der Waals surface area contributed by atoms with Gasteiger partial charge in [0.2, 0.25) is 0 Å². The highest BCUT2D eigenvalue weighted by molar-refractivity contribution is 6.59. The van der Waals surface area contributed by atoms with Gasteiger partial charge in [-0.15, -0.1) is 0 Å². The van der Waals surface area contributed by atoms with Crippen molar-refractivity contribution < 1.29 is 13.3 Å². The van der Waals surface area contributed by atoms with Crippen LogP contribution in [0.3, 0.4) is 0 Å². The van der Waals surface area contributed by atoms with Crippen molar-refractivity contribution in [1.29, 1.82) is 0 Å². The normalized spacial score (nSPS) is 28.6. The Balaban J connectivity index is 1.76. The highest BCUT2D eigenvalue weighted by Crippen LogP contribution is 2.42. The molecule has 3 saturated carbocycles. The van der Waals surface area contributed by atoms with Gasteiger partial charge in [-0.25, -0.2) is 0 Å². The Morgan fingerprint density at radius 2 is 0.692 bits per heavy atom. The number of hydrogen-bond acceptors (Lipinski definition) is 3. The lowest BCUT2D eigenvalue weighted by molar-refractivity contribution is -0.118. The quantitative estimate of drug-likeness (QED) is 0.474. The molecule has 0 N–H and O–H groups in total. The molecule has 0 amide bonds. The maximum atomic E-state index is 6.90. The first kappa shape index (κ1) is 20.8. The van der Waals surface area contributed by atoms with E-state index in [-0.39, 0.29) is 16.8 Å². The van der Waals surface area contributed by atoms with E-state index in [1.807, 2.05) is 0 Å². The van der Waals surface area contributed by atoms with Crippen LogP contribution in [0.1, 0.15) is 117 Å². The minimum Gasteiger partial charge on any atom is -0.368 e. The van der Waals surface area contributed by atoms with Crippen molar-refractivity contribution in [2.24, 2.45) is 0 Å². The molecular weight excluding hydrogens is 340 g/mol. The second-order valence-electron chi connectivity index (χ2n) is 10.2. The van der Waals surface area contributed by atoms with Crippen LogP contribution in [0.2, 0.25) is 6.55 Å². The number of hydrogen-bond donors (Lipinski definition) is 0. The van der Waals surface area contributed by atoms with Crippen LogP contribution in [-0.4, -0.2) is 25.6 Å². The van der Waals surface area contributed by atoms with Gasteiger partial charge in [-0.2, -0.15) is 0 Å². The van der Waals surface area contributed by atoms with E-state index in [4.69, 9.17) is 13.3 Å². The third-order valence-corrected chi connectivity index (χ3v) is 9.62. The minimum atomic E-state index is -2.73. The molecule has 0 atom stereocenters. The molecule has 152 valence electrons. The van der Waals surface area contributed by atoms with Gasteiger partial charge in [0.15, 0.2) is 0 Å². The molecule has 3 aliphatic carbocycles. The third kappa shape index (κ3) is 5.56. The Morgan fingerprint density at radius 3 is 0.923 bits per heavy atom. The highest BCUT2D eigenvalue weighted by atomic mass is 28.4. The summed E-state index contributed by atoms with van der Waals surface area (Å²) < 4.78 is 20.7. The third-order valence-electron chi connectivity index (χ3n) is 7.03. The van der Waals surface area contributed by atoms with Crippen LogP contribution in [0.5, 0.6) is 0 Å². The maximum Gasteiger partial charge on any atom is 0.498 e. The van der Waals surface area contributed by atoms with Crippen molar-refractivity contribution in [2.75, 3.05) is 0 Å². The monoisotopic (exact) mass is 382 g/mol. The Labute approximate surface area is 162 Å². The van der Waals surface area contributed by atoms with Gasteiger partial charge in [0.1, 0.15) is 0 Å². The molecule has 3 nitrogen and oxygen atoms in total. The lowest BCUT2D eigenvalue weighted by Gasteiger charge is -2.48. The van der Waals surface area contributed by atoms with Gasteiger partial charge in [-0.05, 0) is 59.3 Å². The zero-order valence-electron chi connectivity index (χ0n) is 17.8. The molecule has 0 saturated heterocycles. The Morgan fingerprint density at radius 1 is 0.462 bits per heavy atom. The molecule has 0 spiro atoms. The summed E-state index contributed by atoms with van der Waals surface area (Å²) >= 11 is 0. The summed E-state index contributed by atoms with van der Waals surface area (Å²) in [7, 11) is -2.73. The van der Waals surface area contributed by atoms with Gasteiger partial charge in [0.05, 0.1) is 16.8 Å². The molecule has 0 aromatic rings. The van der Waals surface area contributed by atoms with E-state index >= 15 is 0 Å². The van der Waals surface area contributed by atoms with Crippen LogP contribution in [-0.2, 0) is 13.3 Å². The van der Waals surface area contributed by atoms with E-state index in [9.17, 15) is 0 Å². The molecule has 0 radical (unpaired) electrons. The summed E-state index contributed by atoms with van der Waals surface area (Å²) in [6, 6.07) is 0. The summed E-state index contributed by atoms with van der Waals surface area (Å²) in [6.07, 6.45) is 18.6. The van der Waals surface area contributed by atoms with E-state index in [1.165, 1.54) is 57.8 Å². The summed E-state index contributed by atoms with van der Waals surface area (Å²) in [5.74, 6) is 0. The van der Waals surface area contributed by atoms with Crippen molar-refractivity contribution in [3.63, 3.8) is 0 Å². The summed E-state index contributed by atoms with van der Waals surface area (Å²) in [4.78, 5) is 0. The van der Waals surface area contributed by atoms with Crippen molar-refractivity contribution in [1.82, 2.24) is 0 Å². The van der Waals surface area contributed by atoms with Gasteiger partial charge in [0.25, 0.3) is 0 Å². The lowest BCUT2D eigenvalue weighted by atomic mass is 9.87. The second-order valence-corrected chi connectivity index (χ2v) is 12.5. The standard InChI is InChI=1S/C22H42O3Si/c1-20(14-8-5-9-15-20)23-26(4,24-21(2)16-10-6-11-17-21)25-22(3)18-12-7-13-19-22/h5-19H2,1-4H3. The summed E-state index contributed by atoms with van der Waals surface area (Å²) in [5, 5.41) is 0. The molecule has 0 bridgehead atoms. The molecule has 0 heterocycles. The van der Waals surface area contributed by atoms with Crippen LogP contribution >= 0.6 is 0 Å². The first-order valence-corrected chi connectivity index (χ1v) is 13.6. The Kier molecular flexibility index (Phi) is 6.59. The smallest absolute Gasteiger partial charge is 0.368 e. The highest BCUT2D eigenvalue weighted by Gasteiger charge is 2.51. The lowest BCUT2D eigenvalue weighted by Crippen LogP contribution is -2.58. The van der Waals surface area contributed by atoms with Gasteiger partial charge in [0, 0.05) is 6.55 Å². The van der Waals surface area contributed by atoms with Gasteiger partial charge < -0.3 is 13.3 Å². The maximum absolute atomic E-state index is 6.90. The first-order valence-electron chi connectivity index (χ1n) is 11.3. The summed E-state index contributed by atoms with van der Waals surface area (Å²) in [5.41, 5.74) is -0.181. The van der Waals surface area contributed by atoms with Crippen molar-refractivity contribution in [2.45, 2.75) is 140 Å². The second kappa shape index (κ2) is 8.22. The van der Waals surface area contributed by atoms with Crippen LogP contribution < -0.4 is 0 Å². The topological polar surface area (TPSA) is 27.7 Å². The van der Waals surface area contributed by atoms with Crippen LogP contribution in [0.25, 0.3) is 0 Å². The number of rotatable bonds is 6. The predicted octanol–water partition coefficient (Wildman–Crippen LogP) is 6.77. The molecule has 3 rings (SSSR count). The molecule has 0 aliphatic heterocycles. The SMILES string of the molecule is CC1(O[Si](C)(OC2(C)CCCCC2)OC2(C)CCCCC2)CCCCC1. The van der Waals surface area contributed by atoms with Gasteiger partial charge in [-0.1, -0.05) is 57.8 Å². The van der Waals surface area contributed by atoms with Crippen molar-refractivity contribution in [3.05, 3.63) is 0 Å². The zero-order valence-corrected chi connectivity index (χ0v) is 18.8. The largest absolute Gasteiger partial charge is 0.498 e. The molecule has 26 heavy (non-hydrogen) atoms. The first-order chi connectivity index (χ1) is 12.2. The van der Waals surface area contributed by atoms with Crippen molar-refractivity contribution in [3.8, 4) is 0 Å². The molecule has 3 aliphatic rings. The van der Waals surface area contributed by atoms with Crippen LogP contribution in [0.15, 0.2) is 0 Å². The predicted molar refractivity (Wildman–Crippen MR) is 109 cm³/mol. The zero-order chi connectivity index (χ0) is 18.7.